The maximum absolute atomic E-state index is 6.37. The molecule has 0 saturated carbocycles. The Bertz CT molecular complexity index is 1030. The highest BCUT2D eigenvalue weighted by Gasteiger charge is 2.11. The van der Waals surface area contributed by atoms with Gasteiger partial charge < -0.3 is 0 Å². The lowest BCUT2D eigenvalue weighted by Gasteiger charge is -2.08. The maximum atomic E-state index is 6.37. The average molecular weight is 415 g/mol. The maximum Gasteiger partial charge on any atom is 0.156 e. The minimum Gasteiger partial charge on any atom is -0.236 e. The number of hydrogen-bond acceptors (Lipinski definition) is 4. The number of fused-ring (bicyclic) bond motifs is 1. The Labute approximate surface area is 157 Å². The van der Waals surface area contributed by atoms with Crippen molar-refractivity contribution < 1.29 is 0 Å². The van der Waals surface area contributed by atoms with Crippen LogP contribution in [0.2, 0.25) is 5.15 Å². The summed E-state index contributed by atoms with van der Waals surface area (Å²) in [5, 5.41) is 13.6. The molecule has 0 unspecified atom stereocenters. The Morgan fingerprint density at radius 2 is 1.88 bits per heavy atom. The highest BCUT2D eigenvalue weighted by molar-refractivity contribution is 9.10. The molecule has 0 atom stereocenters. The first-order chi connectivity index (χ1) is 12.2. The molecule has 124 valence electrons. The average Bonchev–Trinajstić information content (AvgIpc) is 3.04. The number of halogens is 2. The Balaban J connectivity index is 1.66. The topological polar surface area (TPSA) is 56.5 Å². The number of nitrogens with zero attached hydrogens (tertiary/aromatic N) is 5. The molecule has 2 aromatic carbocycles. The first-order valence-electron chi connectivity index (χ1n) is 7.73. The number of tetrazole rings is 1. The van der Waals surface area contributed by atoms with E-state index in [1.165, 1.54) is 0 Å². The molecular weight excluding hydrogens is 402 g/mol. The monoisotopic (exact) mass is 413 g/mol. The fraction of sp³-hybridized carbons (Fsp3) is 0.111. The van der Waals surface area contributed by atoms with Crippen molar-refractivity contribution in [3.05, 3.63) is 81.2 Å². The second-order valence-corrected chi connectivity index (χ2v) is 6.96. The van der Waals surface area contributed by atoms with Crippen molar-refractivity contribution in [1.29, 1.82) is 0 Å². The summed E-state index contributed by atoms with van der Waals surface area (Å²) in [4.78, 5) is 4.47. The van der Waals surface area contributed by atoms with Gasteiger partial charge in [0.15, 0.2) is 5.82 Å². The molecule has 25 heavy (non-hydrogen) atoms. The van der Waals surface area contributed by atoms with E-state index in [0.717, 1.165) is 32.3 Å². The van der Waals surface area contributed by atoms with Crippen LogP contribution < -0.4 is 0 Å². The van der Waals surface area contributed by atoms with E-state index in [-0.39, 0.29) is 0 Å². The third kappa shape index (κ3) is 3.55. The summed E-state index contributed by atoms with van der Waals surface area (Å²) in [5.74, 6) is 0.789. The van der Waals surface area contributed by atoms with Crippen molar-refractivity contribution in [2.24, 2.45) is 0 Å². The van der Waals surface area contributed by atoms with E-state index in [1.54, 1.807) is 4.68 Å². The number of rotatable bonds is 4. The van der Waals surface area contributed by atoms with Crippen LogP contribution >= 0.6 is 27.5 Å². The molecule has 0 fully saturated rings. The quantitative estimate of drug-likeness (QED) is 0.468. The molecule has 4 aromatic rings. The van der Waals surface area contributed by atoms with Gasteiger partial charge in [-0.15, -0.1) is 5.10 Å². The van der Waals surface area contributed by atoms with Gasteiger partial charge >= 0.3 is 0 Å². The molecule has 2 aromatic heterocycles. The number of pyridine rings is 1. The SMILES string of the molecule is Clc1nc2ccc(Br)cc2cc1Cn1nnnc1Cc1ccccc1. The smallest absolute Gasteiger partial charge is 0.156 e. The third-order valence-electron chi connectivity index (χ3n) is 3.93. The van der Waals surface area contributed by atoms with Crippen LogP contribution in [0.25, 0.3) is 10.9 Å². The molecule has 0 spiro atoms. The van der Waals surface area contributed by atoms with Crippen LogP contribution in [-0.2, 0) is 13.0 Å². The van der Waals surface area contributed by atoms with Crippen molar-refractivity contribution in [3.8, 4) is 0 Å². The molecule has 4 rings (SSSR count). The molecule has 0 amide bonds. The van der Waals surface area contributed by atoms with Gasteiger partial charge in [0.05, 0.1) is 12.1 Å². The molecule has 2 heterocycles. The summed E-state index contributed by atoms with van der Waals surface area (Å²) in [7, 11) is 0. The van der Waals surface area contributed by atoms with E-state index in [0.29, 0.717) is 18.1 Å². The molecule has 0 bridgehead atoms. The molecule has 0 aliphatic carbocycles. The predicted molar refractivity (Wildman–Crippen MR) is 101 cm³/mol. The van der Waals surface area contributed by atoms with Gasteiger partial charge in [-0.25, -0.2) is 9.67 Å². The molecule has 0 saturated heterocycles. The van der Waals surface area contributed by atoms with E-state index in [4.69, 9.17) is 11.6 Å². The van der Waals surface area contributed by atoms with Gasteiger partial charge in [0.2, 0.25) is 0 Å². The molecular formula is C18H13BrClN5. The fourth-order valence-corrected chi connectivity index (χ4v) is 3.28. The van der Waals surface area contributed by atoms with Gasteiger partial charge in [-0.05, 0) is 40.3 Å². The van der Waals surface area contributed by atoms with Crippen LogP contribution in [0.15, 0.2) is 59.1 Å². The lowest BCUT2D eigenvalue weighted by Crippen LogP contribution is -2.08. The van der Waals surface area contributed by atoms with E-state index >= 15 is 0 Å². The molecule has 0 radical (unpaired) electrons. The van der Waals surface area contributed by atoms with Crippen molar-refractivity contribution >= 4 is 38.4 Å². The molecule has 0 aliphatic rings. The first-order valence-corrected chi connectivity index (χ1v) is 8.90. The predicted octanol–water partition coefficient (Wildman–Crippen LogP) is 4.28. The van der Waals surface area contributed by atoms with Crippen molar-refractivity contribution in [1.82, 2.24) is 25.2 Å². The minimum absolute atomic E-state index is 0.469. The van der Waals surface area contributed by atoms with Crippen LogP contribution in [0, 0.1) is 0 Å². The van der Waals surface area contributed by atoms with E-state index < -0.39 is 0 Å². The van der Waals surface area contributed by atoms with Crippen molar-refractivity contribution in [3.63, 3.8) is 0 Å². The van der Waals surface area contributed by atoms with Crippen LogP contribution in [0.4, 0.5) is 0 Å². The summed E-state index contributed by atoms with van der Waals surface area (Å²) >= 11 is 9.85. The van der Waals surface area contributed by atoms with Gasteiger partial charge in [0, 0.05) is 21.8 Å². The van der Waals surface area contributed by atoms with Crippen molar-refractivity contribution in [2.45, 2.75) is 13.0 Å². The summed E-state index contributed by atoms with van der Waals surface area (Å²) in [5.41, 5.74) is 2.90. The zero-order valence-electron chi connectivity index (χ0n) is 13.1. The Morgan fingerprint density at radius 1 is 1.04 bits per heavy atom. The fourth-order valence-electron chi connectivity index (χ4n) is 2.69. The molecule has 0 N–H and O–H groups in total. The zero-order valence-corrected chi connectivity index (χ0v) is 15.4. The van der Waals surface area contributed by atoms with E-state index in [2.05, 4.69) is 48.6 Å². The van der Waals surface area contributed by atoms with E-state index in [9.17, 15) is 0 Å². The molecule has 5 nitrogen and oxygen atoms in total. The van der Waals surface area contributed by atoms with Crippen LogP contribution in [0.5, 0.6) is 0 Å². The second-order valence-electron chi connectivity index (χ2n) is 5.69. The van der Waals surface area contributed by atoms with Crippen LogP contribution in [-0.4, -0.2) is 25.2 Å². The van der Waals surface area contributed by atoms with Gasteiger partial charge in [-0.3, -0.25) is 0 Å². The highest BCUT2D eigenvalue weighted by Crippen LogP contribution is 2.24. The molecule has 7 heteroatoms. The first kappa shape index (κ1) is 16.2. The lowest BCUT2D eigenvalue weighted by molar-refractivity contribution is 0.624. The lowest BCUT2D eigenvalue weighted by atomic mass is 10.1. The van der Waals surface area contributed by atoms with Crippen molar-refractivity contribution in [2.75, 3.05) is 0 Å². The van der Waals surface area contributed by atoms with E-state index in [1.807, 2.05) is 42.5 Å². The number of benzene rings is 2. The van der Waals surface area contributed by atoms with Gasteiger partial charge in [0.1, 0.15) is 5.15 Å². The third-order valence-corrected chi connectivity index (χ3v) is 4.75. The van der Waals surface area contributed by atoms with Gasteiger partial charge in [-0.1, -0.05) is 57.9 Å². The highest BCUT2D eigenvalue weighted by atomic mass is 79.9. The second kappa shape index (κ2) is 6.90. The largest absolute Gasteiger partial charge is 0.236 e. The minimum atomic E-state index is 0.469. The number of hydrogen-bond donors (Lipinski definition) is 0. The summed E-state index contributed by atoms with van der Waals surface area (Å²) in [6, 6.07) is 18.1. The standard InChI is InChI=1S/C18H13BrClN5/c19-15-6-7-16-13(10-15)9-14(18(20)21-16)11-25-17(22-23-24-25)8-12-4-2-1-3-5-12/h1-7,9-10H,8,11H2. The Kier molecular flexibility index (Phi) is 4.46. The summed E-state index contributed by atoms with van der Waals surface area (Å²) in [6.45, 7) is 0.476. The van der Waals surface area contributed by atoms with Crippen LogP contribution in [0.1, 0.15) is 17.0 Å². The number of aromatic nitrogens is 5. The normalized spacial score (nSPS) is 11.1. The molecule has 0 aliphatic heterocycles. The zero-order chi connectivity index (χ0) is 17.2. The Hall–Kier alpha value is -2.31. The van der Waals surface area contributed by atoms with Crippen LogP contribution in [0.3, 0.4) is 0 Å². The summed E-state index contributed by atoms with van der Waals surface area (Å²) in [6.07, 6.45) is 0.665. The Morgan fingerprint density at radius 3 is 2.72 bits per heavy atom. The van der Waals surface area contributed by atoms with Gasteiger partial charge in [0.25, 0.3) is 0 Å². The van der Waals surface area contributed by atoms with Gasteiger partial charge in [-0.2, -0.15) is 0 Å². The summed E-state index contributed by atoms with van der Waals surface area (Å²) < 4.78 is 2.77.